The van der Waals surface area contributed by atoms with Gasteiger partial charge in [0.2, 0.25) is 0 Å². The zero-order valence-corrected chi connectivity index (χ0v) is 10.4. The van der Waals surface area contributed by atoms with E-state index in [0.29, 0.717) is 6.04 Å². The number of amides is 1. The molecule has 0 aromatic carbocycles. The molecule has 1 aliphatic rings. The highest BCUT2D eigenvalue weighted by Gasteiger charge is 2.24. The highest BCUT2D eigenvalue weighted by molar-refractivity contribution is 7.08. The van der Waals surface area contributed by atoms with Gasteiger partial charge in [0, 0.05) is 18.0 Å². The Balaban J connectivity index is 2.06. The first-order valence-corrected chi connectivity index (χ1v) is 6.81. The maximum Gasteiger partial charge on any atom is 0.254 e. The molecule has 1 aliphatic heterocycles. The Hall–Kier alpha value is -0.870. The first kappa shape index (κ1) is 11.6. The van der Waals surface area contributed by atoms with Gasteiger partial charge in [0.1, 0.15) is 0 Å². The molecule has 1 saturated heterocycles. The number of nitrogens with one attached hydrogen (secondary N) is 1. The van der Waals surface area contributed by atoms with Gasteiger partial charge in [-0.1, -0.05) is 0 Å². The molecule has 0 spiro atoms. The van der Waals surface area contributed by atoms with Crippen molar-refractivity contribution in [1.82, 2.24) is 10.2 Å². The molecule has 1 amide bonds. The molecule has 0 bridgehead atoms. The summed E-state index contributed by atoms with van der Waals surface area (Å²) in [5.41, 5.74) is 0.838. The van der Waals surface area contributed by atoms with Gasteiger partial charge >= 0.3 is 0 Å². The number of carbonyl (C=O) groups is 1. The summed E-state index contributed by atoms with van der Waals surface area (Å²) >= 11 is 1.58. The van der Waals surface area contributed by atoms with Crippen LogP contribution in [0.5, 0.6) is 0 Å². The molecular formula is C12H18N2OS. The van der Waals surface area contributed by atoms with Crippen molar-refractivity contribution in [3.05, 3.63) is 22.4 Å². The predicted octanol–water partition coefficient (Wildman–Crippen LogP) is 1.96. The lowest BCUT2D eigenvalue weighted by Crippen LogP contribution is -2.45. The van der Waals surface area contributed by atoms with Gasteiger partial charge in [0.15, 0.2) is 0 Å². The van der Waals surface area contributed by atoms with E-state index in [1.165, 1.54) is 0 Å². The summed E-state index contributed by atoms with van der Waals surface area (Å²) in [5, 5.41) is 7.23. The molecule has 16 heavy (non-hydrogen) atoms. The van der Waals surface area contributed by atoms with Gasteiger partial charge in [0.25, 0.3) is 5.91 Å². The third-order valence-corrected chi connectivity index (χ3v) is 3.80. The van der Waals surface area contributed by atoms with Gasteiger partial charge in [-0.15, -0.1) is 0 Å². The third kappa shape index (κ3) is 2.44. The molecule has 0 unspecified atom stereocenters. The Morgan fingerprint density at radius 2 is 2.31 bits per heavy atom. The molecule has 4 heteroatoms. The molecule has 3 nitrogen and oxygen atoms in total. The molecule has 1 fully saturated rings. The predicted molar refractivity (Wildman–Crippen MR) is 66.9 cm³/mol. The van der Waals surface area contributed by atoms with Crippen molar-refractivity contribution in [2.45, 2.75) is 25.8 Å². The van der Waals surface area contributed by atoms with Crippen LogP contribution in [0.15, 0.2) is 16.8 Å². The second kappa shape index (κ2) is 5.46. The Labute approximate surface area is 100 Å². The number of carbonyl (C=O) groups excluding carboxylic acids is 1. The second-order valence-corrected chi connectivity index (χ2v) is 4.86. The monoisotopic (exact) mass is 238 g/mol. The number of hydrogen-bond acceptors (Lipinski definition) is 3. The summed E-state index contributed by atoms with van der Waals surface area (Å²) in [4.78, 5) is 14.3. The summed E-state index contributed by atoms with van der Waals surface area (Å²) in [6, 6.07) is 2.33. The van der Waals surface area contributed by atoms with Crippen LogP contribution in [0, 0.1) is 0 Å². The van der Waals surface area contributed by atoms with Crippen molar-refractivity contribution in [2.24, 2.45) is 0 Å². The summed E-state index contributed by atoms with van der Waals surface area (Å²) < 4.78 is 0. The molecule has 2 rings (SSSR count). The summed E-state index contributed by atoms with van der Waals surface area (Å²) in [7, 11) is 0. The molecule has 1 aromatic heterocycles. The Kier molecular flexibility index (Phi) is 3.96. The van der Waals surface area contributed by atoms with Gasteiger partial charge in [0.05, 0.1) is 5.56 Å². The fourth-order valence-corrected chi connectivity index (χ4v) is 2.87. The minimum atomic E-state index is 0.190. The van der Waals surface area contributed by atoms with E-state index in [1.807, 2.05) is 21.7 Å². The van der Waals surface area contributed by atoms with E-state index in [9.17, 15) is 4.79 Å². The third-order valence-electron chi connectivity index (χ3n) is 3.12. The van der Waals surface area contributed by atoms with Crippen LogP contribution < -0.4 is 5.32 Å². The van der Waals surface area contributed by atoms with Crippen molar-refractivity contribution in [2.75, 3.05) is 19.6 Å². The summed E-state index contributed by atoms with van der Waals surface area (Å²) in [6.07, 6.45) is 2.15. The smallest absolute Gasteiger partial charge is 0.254 e. The lowest BCUT2D eigenvalue weighted by Gasteiger charge is -2.33. The average Bonchev–Trinajstić information content (AvgIpc) is 2.85. The number of rotatable bonds is 3. The molecule has 88 valence electrons. The van der Waals surface area contributed by atoms with Crippen LogP contribution in [0.4, 0.5) is 0 Å². The average molecular weight is 238 g/mol. The molecule has 0 saturated carbocycles. The lowest BCUT2D eigenvalue weighted by atomic mass is 10.0. The van der Waals surface area contributed by atoms with Gasteiger partial charge in [-0.3, -0.25) is 4.79 Å². The van der Waals surface area contributed by atoms with Crippen LogP contribution in [-0.4, -0.2) is 36.5 Å². The zero-order valence-electron chi connectivity index (χ0n) is 9.61. The fraction of sp³-hybridized carbons (Fsp3) is 0.583. The largest absolute Gasteiger partial charge is 0.336 e. The quantitative estimate of drug-likeness (QED) is 0.873. The lowest BCUT2D eigenvalue weighted by molar-refractivity contribution is 0.0656. The number of hydrogen-bond donors (Lipinski definition) is 1. The molecule has 0 radical (unpaired) electrons. The van der Waals surface area contributed by atoms with Crippen LogP contribution in [-0.2, 0) is 0 Å². The minimum absolute atomic E-state index is 0.190. The molecule has 0 aliphatic carbocycles. The van der Waals surface area contributed by atoms with E-state index in [4.69, 9.17) is 0 Å². The van der Waals surface area contributed by atoms with E-state index in [1.54, 1.807) is 11.3 Å². The standard InChI is InChI=1S/C12H18N2OS/c1-2-14(11-3-6-13-7-4-11)12(15)10-5-8-16-9-10/h5,8-9,11,13H,2-4,6-7H2,1H3. The first-order chi connectivity index (χ1) is 7.83. The Bertz CT molecular complexity index is 331. The summed E-state index contributed by atoms with van der Waals surface area (Å²) in [5.74, 6) is 0.190. The van der Waals surface area contributed by atoms with Gasteiger partial charge in [-0.05, 0) is 44.3 Å². The molecular weight excluding hydrogens is 220 g/mol. The second-order valence-electron chi connectivity index (χ2n) is 4.08. The van der Waals surface area contributed by atoms with Crippen LogP contribution in [0.3, 0.4) is 0 Å². The van der Waals surface area contributed by atoms with Crippen molar-refractivity contribution in [1.29, 1.82) is 0 Å². The van der Waals surface area contributed by atoms with Crippen LogP contribution in [0.2, 0.25) is 0 Å². The highest BCUT2D eigenvalue weighted by atomic mass is 32.1. The molecule has 0 atom stereocenters. The highest BCUT2D eigenvalue weighted by Crippen LogP contribution is 2.16. The van der Waals surface area contributed by atoms with E-state index in [2.05, 4.69) is 12.2 Å². The topological polar surface area (TPSA) is 32.3 Å². The van der Waals surface area contributed by atoms with E-state index >= 15 is 0 Å². The Morgan fingerprint density at radius 3 is 2.88 bits per heavy atom. The van der Waals surface area contributed by atoms with E-state index in [0.717, 1.165) is 38.0 Å². The van der Waals surface area contributed by atoms with Gasteiger partial charge < -0.3 is 10.2 Å². The minimum Gasteiger partial charge on any atom is -0.336 e. The van der Waals surface area contributed by atoms with Crippen LogP contribution in [0.25, 0.3) is 0 Å². The first-order valence-electron chi connectivity index (χ1n) is 5.86. The number of thiophene rings is 1. The van der Waals surface area contributed by atoms with Crippen LogP contribution >= 0.6 is 11.3 Å². The SMILES string of the molecule is CCN(C(=O)c1ccsc1)C1CCNCC1. The maximum absolute atomic E-state index is 12.2. The maximum atomic E-state index is 12.2. The molecule has 1 N–H and O–H groups in total. The van der Waals surface area contributed by atoms with Crippen molar-refractivity contribution >= 4 is 17.2 Å². The Morgan fingerprint density at radius 1 is 1.56 bits per heavy atom. The summed E-state index contributed by atoms with van der Waals surface area (Å²) in [6.45, 7) is 4.92. The van der Waals surface area contributed by atoms with Crippen LogP contribution in [0.1, 0.15) is 30.1 Å². The van der Waals surface area contributed by atoms with Crippen molar-refractivity contribution < 1.29 is 4.79 Å². The van der Waals surface area contributed by atoms with E-state index < -0.39 is 0 Å². The van der Waals surface area contributed by atoms with Gasteiger partial charge in [-0.25, -0.2) is 0 Å². The van der Waals surface area contributed by atoms with Gasteiger partial charge in [-0.2, -0.15) is 11.3 Å². The number of piperidine rings is 1. The fourth-order valence-electron chi connectivity index (χ4n) is 2.24. The zero-order chi connectivity index (χ0) is 11.4. The molecule has 1 aromatic rings. The van der Waals surface area contributed by atoms with Crippen molar-refractivity contribution in [3.8, 4) is 0 Å². The molecule has 2 heterocycles. The van der Waals surface area contributed by atoms with E-state index in [-0.39, 0.29) is 5.91 Å². The number of nitrogens with zero attached hydrogens (tertiary/aromatic N) is 1. The van der Waals surface area contributed by atoms with Crippen molar-refractivity contribution in [3.63, 3.8) is 0 Å². The normalized spacial score (nSPS) is 17.3.